The number of anilines is 2. The van der Waals surface area contributed by atoms with Crippen molar-refractivity contribution < 1.29 is 9.47 Å². The quantitative estimate of drug-likeness (QED) is 0.589. The molecular formula is C24H31N2O2. The molecule has 0 aromatic heterocycles. The molecule has 0 spiro atoms. The number of rotatable bonds is 7. The van der Waals surface area contributed by atoms with E-state index in [1.807, 2.05) is 24.3 Å². The second kappa shape index (κ2) is 9.05. The summed E-state index contributed by atoms with van der Waals surface area (Å²) in [5, 5.41) is 0. The van der Waals surface area contributed by atoms with E-state index in [0.717, 1.165) is 36.4 Å². The summed E-state index contributed by atoms with van der Waals surface area (Å²) in [6.45, 7) is 9.01. The molecular weight excluding hydrogens is 348 g/mol. The van der Waals surface area contributed by atoms with Crippen molar-refractivity contribution in [3.8, 4) is 11.5 Å². The van der Waals surface area contributed by atoms with Crippen LogP contribution in [-0.4, -0.2) is 20.3 Å². The van der Waals surface area contributed by atoms with Gasteiger partial charge in [-0.15, -0.1) is 0 Å². The van der Waals surface area contributed by atoms with E-state index in [-0.39, 0.29) is 0 Å². The molecule has 0 fully saturated rings. The molecule has 4 nitrogen and oxygen atoms in total. The van der Waals surface area contributed by atoms with Gasteiger partial charge in [-0.3, -0.25) is 0 Å². The molecule has 2 aromatic rings. The molecule has 0 bridgehead atoms. The van der Waals surface area contributed by atoms with Crippen LogP contribution < -0.4 is 19.3 Å². The fourth-order valence-corrected chi connectivity index (χ4v) is 4.04. The molecule has 4 heteroatoms. The predicted molar refractivity (Wildman–Crippen MR) is 117 cm³/mol. The Morgan fingerprint density at radius 1 is 0.750 bits per heavy atom. The lowest BCUT2D eigenvalue weighted by molar-refractivity contribution is 0.414. The number of allylic oxidation sites excluding steroid dienone is 1. The average molecular weight is 380 g/mol. The fraction of sp³-hybridized carbons (Fsp3) is 0.375. The third-order valence-electron chi connectivity index (χ3n) is 5.46. The largest absolute Gasteiger partial charge is 0.497 e. The van der Waals surface area contributed by atoms with E-state index < -0.39 is 0 Å². The molecule has 0 aliphatic carbocycles. The highest BCUT2D eigenvalue weighted by molar-refractivity contribution is 5.65. The number of methoxy groups -OCH3 is 2. The molecule has 1 aliphatic rings. The van der Waals surface area contributed by atoms with Gasteiger partial charge < -0.3 is 19.3 Å². The zero-order valence-corrected chi connectivity index (χ0v) is 17.6. The van der Waals surface area contributed by atoms with Gasteiger partial charge in [0.05, 0.1) is 20.3 Å². The molecule has 1 heterocycles. The van der Waals surface area contributed by atoms with Crippen LogP contribution >= 0.6 is 0 Å². The number of benzene rings is 2. The molecule has 3 rings (SSSR count). The lowest BCUT2D eigenvalue weighted by Crippen LogP contribution is -2.46. The third kappa shape index (κ3) is 3.82. The monoisotopic (exact) mass is 379 g/mol. The molecule has 28 heavy (non-hydrogen) atoms. The van der Waals surface area contributed by atoms with Crippen molar-refractivity contribution in [2.24, 2.45) is 0 Å². The van der Waals surface area contributed by atoms with E-state index in [0.29, 0.717) is 6.04 Å². The van der Waals surface area contributed by atoms with Crippen molar-refractivity contribution in [1.29, 1.82) is 0 Å². The van der Waals surface area contributed by atoms with Gasteiger partial charge in [0.25, 0.3) is 0 Å². The first-order valence-corrected chi connectivity index (χ1v) is 10.1. The van der Waals surface area contributed by atoms with Crippen molar-refractivity contribution in [2.75, 3.05) is 24.0 Å². The molecule has 0 amide bonds. The number of ether oxygens (including phenoxy) is 2. The zero-order chi connectivity index (χ0) is 20.1. The summed E-state index contributed by atoms with van der Waals surface area (Å²) < 4.78 is 10.7. The second-order valence-electron chi connectivity index (χ2n) is 6.89. The first kappa shape index (κ1) is 20.1. The standard InChI is InChI=1S/C24H31N2O2/c1-6-22-23(7-2)25(18-9-13-20(27-4)14-10-18)17-26(24(22)8-3)19-11-15-21(28-5)16-12-19/h9-17,23H,6-8H2,1-5H3. The second-order valence-corrected chi connectivity index (χ2v) is 6.89. The van der Waals surface area contributed by atoms with Crippen LogP contribution in [0.25, 0.3) is 0 Å². The maximum atomic E-state index is 5.34. The minimum atomic E-state index is 0.364. The highest BCUT2D eigenvalue weighted by atomic mass is 16.5. The predicted octanol–water partition coefficient (Wildman–Crippen LogP) is 6.00. The van der Waals surface area contributed by atoms with Crippen molar-refractivity contribution in [3.63, 3.8) is 0 Å². The van der Waals surface area contributed by atoms with Crippen LogP contribution in [0.15, 0.2) is 59.8 Å². The summed E-state index contributed by atoms with van der Waals surface area (Å²) in [5.74, 6) is 1.75. The summed E-state index contributed by atoms with van der Waals surface area (Å²) in [7, 11) is 3.40. The van der Waals surface area contributed by atoms with Crippen molar-refractivity contribution in [1.82, 2.24) is 0 Å². The Morgan fingerprint density at radius 3 is 1.71 bits per heavy atom. The minimum Gasteiger partial charge on any atom is -0.497 e. The number of nitrogens with zero attached hydrogens (tertiary/aromatic N) is 2. The molecule has 2 aromatic carbocycles. The molecule has 0 N–H and O–H groups in total. The highest BCUT2D eigenvalue weighted by Crippen LogP contribution is 2.39. The van der Waals surface area contributed by atoms with E-state index >= 15 is 0 Å². The first-order valence-electron chi connectivity index (χ1n) is 10.1. The molecule has 149 valence electrons. The summed E-state index contributed by atoms with van der Waals surface area (Å²) in [6.07, 6.45) is 3.10. The molecule has 0 saturated heterocycles. The van der Waals surface area contributed by atoms with Crippen LogP contribution in [0.3, 0.4) is 0 Å². The van der Waals surface area contributed by atoms with Gasteiger partial charge in [-0.1, -0.05) is 20.8 Å². The number of hydrogen-bond donors (Lipinski definition) is 0. The summed E-state index contributed by atoms with van der Waals surface area (Å²) >= 11 is 0. The summed E-state index contributed by atoms with van der Waals surface area (Å²) in [4.78, 5) is 4.72. The van der Waals surface area contributed by atoms with Crippen LogP contribution in [0.4, 0.5) is 11.4 Å². The van der Waals surface area contributed by atoms with Gasteiger partial charge in [0.1, 0.15) is 18.2 Å². The van der Waals surface area contributed by atoms with Gasteiger partial charge >= 0.3 is 0 Å². The maximum absolute atomic E-state index is 5.34. The van der Waals surface area contributed by atoms with Gasteiger partial charge in [-0.2, -0.15) is 0 Å². The van der Waals surface area contributed by atoms with Gasteiger partial charge in [-0.25, -0.2) is 0 Å². The molecule has 1 unspecified atom stereocenters. The fourth-order valence-electron chi connectivity index (χ4n) is 4.04. The Morgan fingerprint density at radius 2 is 1.29 bits per heavy atom. The number of hydrogen-bond acceptors (Lipinski definition) is 4. The van der Waals surface area contributed by atoms with Gasteiger partial charge in [0, 0.05) is 17.1 Å². The van der Waals surface area contributed by atoms with Crippen LogP contribution in [0.5, 0.6) is 11.5 Å². The van der Waals surface area contributed by atoms with Crippen LogP contribution in [0.2, 0.25) is 0 Å². The van der Waals surface area contributed by atoms with Crippen molar-refractivity contribution >= 4 is 11.4 Å². The van der Waals surface area contributed by atoms with Crippen molar-refractivity contribution in [3.05, 3.63) is 66.5 Å². The molecule has 0 saturated carbocycles. The van der Waals surface area contributed by atoms with Gasteiger partial charge in [-0.05, 0) is 73.4 Å². The maximum Gasteiger partial charge on any atom is 0.147 e. The first-order chi connectivity index (χ1) is 13.7. The van der Waals surface area contributed by atoms with Crippen LogP contribution in [0, 0.1) is 6.67 Å². The molecule has 1 atom stereocenters. The lowest BCUT2D eigenvalue weighted by atomic mass is 9.93. The topological polar surface area (TPSA) is 24.9 Å². The minimum absolute atomic E-state index is 0.364. The van der Waals surface area contributed by atoms with E-state index in [2.05, 4.69) is 61.5 Å². The smallest absolute Gasteiger partial charge is 0.147 e. The summed E-state index contributed by atoms with van der Waals surface area (Å²) in [6, 6.07) is 17.0. The Bertz CT molecular complexity index is 796. The van der Waals surface area contributed by atoms with E-state index in [9.17, 15) is 0 Å². The van der Waals surface area contributed by atoms with Crippen LogP contribution in [0.1, 0.15) is 40.0 Å². The Balaban J connectivity index is 2.05. The molecule has 1 aliphatic heterocycles. The third-order valence-corrected chi connectivity index (χ3v) is 5.46. The average Bonchev–Trinajstić information content (AvgIpc) is 2.77. The van der Waals surface area contributed by atoms with E-state index in [1.54, 1.807) is 14.2 Å². The van der Waals surface area contributed by atoms with Gasteiger partial charge in [0.2, 0.25) is 0 Å². The Hall–Kier alpha value is -2.62. The van der Waals surface area contributed by atoms with E-state index in [4.69, 9.17) is 9.47 Å². The highest BCUT2D eigenvalue weighted by Gasteiger charge is 2.32. The van der Waals surface area contributed by atoms with E-state index in [1.165, 1.54) is 17.0 Å². The Kier molecular flexibility index (Phi) is 6.50. The zero-order valence-electron chi connectivity index (χ0n) is 17.6. The normalized spacial score (nSPS) is 17.1. The van der Waals surface area contributed by atoms with Crippen LogP contribution in [-0.2, 0) is 0 Å². The summed E-state index contributed by atoms with van der Waals surface area (Å²) in [5.41, 5.74) is 5.22. The van der Waals surface area contributed by atoms with Crippen molar-refractivity contribution in [2.45, 2.75) is 46.1 Å². The molecule has 1 radical (unpaired) electrons. The lowest BCUT2D eigenvalue weighted by Gasteiger charge is -2.45. The Labute approximate surface area is 169 Å². The van der Waals surface area contributed by atoms with Gasteiger partial charge in [0.15, 0.2) is 0 Å². The SMILES string of the molecule is CCC1=C(CC)N(c2ccc(OC)cc2)[CH]N(c2ccc(OC)cc2)C1CC.